The lowest BCUT2D eigenvalue weighted by molar-refractivity contribution is -0.142. The average Bonchev–Trinajstić information content (AvgIpc) is 2.74. The summed E-state index contributed by atoms with van der Waals surface area (Å²) in [5.41, 5.74) is 7.81. The van der Waals surface area contributed by atoms with Crippen LogP contribution in [-0.4, -0.2) is 35.0 Å². The van der Waals surface area contributed by atoms with Gasteiger partial charge < -0.3 is 15.7 Å². The quantitative estimate of drug-likeness (QED) is 0.788. The molecular formula is C14H18N2O3. The predicted octanol–water partition coefficient (Wildman–Crippen LogP) is 1.37. The minimum Gasteiger partial charge on any atom is -0.481 e. The van der Waals surface area contributed by atoms with Crippen LogP contribution in [0.3, 0.4) is 0 Å². The summed E-state index contributed by atoms with van der Waals surface area (Å²) in [7, 11) is 0. The van der Waals surface area contributed by atoms with E-state index in [0.29, 0.717) is 17.8 Å². The van der Waals surface area contributed by atoms with Crippen LogP contribution < -0.4 is 5.73 Å². The zero-order valence-electron chi connectivity index (χ0n) is 11.1. The maximum atomic E-state index is 12.3. The number of anilines is 1. The number of amides is 1. The zero-order chi connectivity index (χ0) is 14.2. The van der Waals surface area contributed by atoms with Crippen LogP contribution >= 0.6 is 0 Å². The molecule has 5 nitrogen and oxygen atoms in total. The highest BCUT2D eigenvalue weighted by molar-refractivity contribution is 5.95. The Labute approximate surface area is 112 Å². The van der Waals surface area contributed by atoms with Gasteiger partial charge in [0.25, 0.3) is 5.91 Å². The molecule has 1 fully saturated rings. The van der Waals surface area contributed by atoms with Gasteiger partial charge in [0.2, 0.25) is 0 Å². The molecule has 1 aromatic rings. The highest BCUT2D eigenvalue weighted by Gasteiger charge is 2.37. The fraction of sp³-hybridized carbons (Fsp3) is 0.429. The van der Waals surface area contributed by atoms with E-state index in [4.69, 9.17) is 10.8 Å². The number of hydrogen-bond acceptors (Lipinski definition) is 3. The molecule has 2 unspecified atom stereocenters. The maximum Gasteiger partial charge on any atom is 0.308 e. The van der Waals surface area contributed by atoms with Crippen LogP contribution in [0.4, 0.5) is 5.69 Å². The minimum absolute atomic E-state index is 0.0238. The minimum atomic E-state index is -0.841. The second-order valence-electron chi connectivity index (χ2n) is 5.20. The third kappa shape index (κ3) is 2.54. The molecule has 1 aromatic carbocycles. The number of nitrogens with two attached hydrogens (primary N) is 1. The van der Waals surface area contributed by atoms with Crippen molar-refractivity contribution >= 4 is 17.6 Å². The van der Waals surface area contributed by atoms with E-state index in [2.05, 4.69) is 0 Å². The first-order valence-corrected chi connectivity index (χ1v) is 6.28. The van der Waals surface area contributed by atoms with Gasteiger partial charge in [-0.05, 0) is 30.5 Å². The van der Waals surface area contributed by atoms with E-state index >= 15 is 0 Å². The van der Waals surface area contributed by atoms with Crippen molar-refractivity contribution in [1.82, 2.24) is 4.90 Å². The highest BCUT2D eigenvalue weighted by Crippen LogP contribution is 2.25. The van der Waals surface area contributed by atoms with Crippen molar-refractivity contribution in [3.05, 3.63) is 29.3 Å². The molecule has 0 aliphatic carbocycles. The number of benzene rings is 1. The Morgan fingerprint density at radius 3 is 2.58 bits per heavy atom. The normalized spacial score (nSPS) is 22.5. The number of aryl methyl sites for hydroxylation is 1. The molecule has 0 bridgehead atoms. The van der Waals surface area contributed by atoms with Crippen LogP contribution in [0.1, 0.15) is 22.8 Å². The smallest absolute Gasteiger partial charge is 0.308 e. The maximum absolute atomic E-state index is 12.3. The predicted molar refractivity (Wildman–Crippen MR) is 71.8 cm³/mol. The second kappa shape index (κ2) is 4.91. The molecule has 0 aromatic heterocycles. The van der Waals surface area contributed by atoms with Gasteiger partial charge in [-0.2, -0.15) is 0 Å². The first-order chi connectivity index (χ1) is 8.90. The lowest BCUT2D eigenvalue weighted by Crippen LogP contribution is -2.30. The van der Waals surface area contributed by atoms with Gasteiger partial charge in [0, 0.05) is 24.3 Å². The number of nitrogens with zero attached hydrogens (tertiary/aromatic N) is 1. The molecule has 102 valence electrons. The molecule has 1 aliphatic heterocycles. The van der Waals surface area contributed by atoms with Crippen molar-refractivity contribution in [2.45, 2.75) is 13.8 Å². The van der Waals surface area contributed by atoms with Crippen LogP contribution in [0.25, 0.3) is 0 Å². The van der Waals surface area contributed by atoms with E-state index in [9.17, 15) is 9.59 Å². The van der Waals surface area contributed by atoms with Gasteiger partial charge in [-0.25, -0.2) is 0 Å². The van der Waals surface area contributed by atoms with Gasteiger partial charge in [-0.15, -0.1) is 0 Å². The monoisotopic (exact) mass is 262 g/mol. The van der Waals surface area contributed by atoms with Crippen molar-refractivity contribution in [2.24, 2.45) is 11.8 Å². The molecule has 0 radical (unpaired) electrons. The van der Waals surface area contributed by atoms with Crippen LogP contribution in [-0.2, 0) is 4.79 Å². The molecule has 5 heteroatoms. The second-order valence-corrected chi connectivity index (χ2v) is 5.20. The summed E-state index contributed by atoms with van der Waals surface area (Å²) in [6.07, 6.45) is 0. The molecular weight excluding hydrogens is 244 g/mol. The van der Waals surface area contributed by atoms with Crippen LogP contribution in [0.15, 0.2) is 18.2 Å². The van der Waals surface area contributed by atoms with E-state index in [1.807, 2.05) is 13.8 Å². The Balaban J connectivity index is 2.17. The molecule has 0 saturated carbocycles. The first-order valence-electron chi connectivity index (χ1n) is 6.28. The summed E-state index contributed by atoms with van der Waals surface area (Å²) in [5, 5.41) is 9.08. The van der Waals surface area contributed by atoms with Crippen molar-refractivity contribution in [1.29, 1.82) is 0 Å². The molecule has 2 atom stereocenters. The van der Waals surface area contributed by atoms with Gasteiger partial charge in [0.15, 0.2) is 0 Å². The number of rotatable bonds is 2. The van der Waals surface area contributed by atoms with E-state index < -0.39 is 11.9 Å². The topological polar surface area (TPSA) is 83.6 Å². The summed E-state index contributed by atoms with van der Waals surface area (Å²) in [6, 6.07) is 5.18. The van der Waals surface area contributed by atoms with Gasteiger partial charge in [-0.3, -0.25) is 9.59 Å². The molecule has 0 spiro atoms. The SMILES string of the molecule is Cc1ccc(C(=O)N2CC(C)C(C(=O)O)C2)cc1N. The van der Waals surface area contributed by atoms with Crippen molar-refractivity contribution in [2.75, 3.05) is 18.8 Å². The first kappa shape index (κ1) is 13.4. The molecule has 1 heterocycles. The lowest BCUT2D eigenvalue weighted by Gasteiger charge is -2.16. The van der Waals surface area contributed by atoms with Crippen molar-refractivity contribution in [3.63, 3.8) is 0 Å². The standard InChI is InChI=1S/C14H18N2O3/c1-8-3-4-10(5-12(8)15)13(17)16-6-9(2)11(7-16)14(18)19/h3-5,9,11H,6-7,15H2,1-2H3,(H,18,19). The lowest BCUT2D eigenvalue weighted by atomic mass is 9.99. The van der Waals surface area contributed by atoms with Gasteiger partial charge in [0.1, 0.15) is 0 Å². The number of carboxylic acid groups (broad SMARTS) is 1. The number of nitrogen functional groups attached to an aromatic ring is 1. The van der Waals surface area contributed by atoms with Crippen LogP contribution in [0, 0.1) is 18.8 Å². The fourth-order valence-corrected chi connectivity index (χ4v) is 2.41. The Hall–Kier alpha value is -2.04. The largest absolute Gasteiger partial charge is 0.481 e. The van der Waals surface area contributed by atoms with Crippen LogP contribution in [0.5, 0.6) is 0 Å². The summed E-state index contributed by atoms with van der Waals surface area (Å²) < 4.78 is 0. The van der Waals surface area contributed by atoms with E-state index in [0.717, 1.165) is 5.56 Å². The Kier molecular flexibility index (Phi) is 3.46. The number of carboxylic acids is 1. The molecule has 1 aliphatic rings. The number of carbonyl (C=O) groups is 2. The molecule has 1 saturated heterocycles. The van der Waals surface area contributed by atoms with E-state index in [1.165, 1.54) is 0 Å². The third-order valence-corrected chi connectivity index (χ3v) is 3.74. The fourth-order valence-electron chi connectivity index (χ4n) is 2.41. The highest BCUT2D eigenvalue weighted by atomic mass is 16.4. The van der Waals surface area contributed by atoms with Gasteiger partial charge in [0.05, 0.1) is 5.92 Å². The zero-order valence-corrected chi connectivity index (χ0v) is 11.1. The molecule has 19 heavy (non-hydrogen) atoms. The number of carbonyl (C=O) groups excluding carboxylic acids is 1. The summed E-state index contributed by atoms with van der Waals surface area (Å²) in [6.45, 7) is 4.48. The van der Waals surface area contributed by atoms with Crippen LogP contribution in [0.2, 0.25) is 0 Å². The summed E-state index contributed by atoms with van der Waals surface area (Å²) in [4.78, 5) is 24.9. The molecule has 2 rings (SSSR count). The van der Waals surface area contributed by atoms with Crippen molar-refractivity contribution < 1.29 is 14.7 Å². The Morgan fingerprint density at radius 1 is 1.37 bits per heavy atom. The van der Waals surface area contributed by atoms with Gasteiger partial charge in [-0.1, -0.05) is 13.0 Å². The van der Waals surface area contributed by atoms with Gasteiger partial charge >= 0.3 is 5.97 Å². The number of hydrogen-bond donors (Lipinski definition) is 2. The van der Waals surface area contributed by atoms with E-state index in [1.54, 1.807) is 23.1 Å². The molecule has 1 amide bonds. The number of aliphatic carboxylic acids is 1. The Bertz CT molecular complexity index is 527. The summed E-state index contributed by atoms with van der Waals surface area (Å²) in [5.74, 6) is -1.50. The molecule has 3 N–H and O–H groups in total. The summed E-state index contributed by atoms with van der Waals surface area (Å²) >= 11 is 0. The number of likely N-dealkylation sites (tertiary alicyclic amines) is 1. The third-order valence-electron chi connectivity index (χ3n) is 3.74. The van der Waals surface area contributed by atoms with Crippen molar-refractivity contribution in [3.8, 4) is 0 Å². The Morgan fingerprint density at radius 2 is 2.05 bits per heavy atom. The van der Waals surface area contributed by atoms with E-state index in [-0.39, 0.29) is 18.4 Å². The average molecular weight is 262 g/mol.